The first-order valence-electron chi connectivity index (χ1n) is 13.0. The first-order chi connectivity index (χ1) is 17.6. The van der Waals surface area contributed by atoms with Crippen molar-refractivity contribution in [2.24, 2.45) is 16.6 Å². The number of anilines is 2. The van der Waals surface area contributed by atoms with Crippen LogP contribution in [0.3, 0.4) is 0 Å². The Hall–Kier alpha value is -2.89. The van der Waals surface area contributed by atoms with Gasteiger partial charge in [-0.1, -0.05) is 0 Å². The Kier molecular flexibility index (Phi) is 10.1. The number of nitrogens with two attached hydrogens (primary N) is 1. The molecule has 0 aromatic carbocycles. The molecule has 9 nitrogen and oxygen atoms in total. The average molecular weight is 525 g/mol. The smallest absolute Gasteiger partial charge is 0.403 e. The molecule has 0 unspecified atom stereocenters. The van der Waals surface area contributed by atoms with Crippen LogP contribution in [0.25, 0.3) is 0 Å². The van der Waals surface area contributed by atoms with E-state index in [1.807, 2.05) is 0 Å². The van der Waals surface area contributed by atoms with Gasteiger partial charge in [0.25, 0.3) is 0 Å². The van der Waals surface area contributed by atoms with Gasteiger partial charge in [-0.15, -0.1) is 0 Å². The first kappa shape index (κ1) is 28.7. The van der Waals surface area contributed by atoms with Gasteiger partial charge < -0.3 is 26.2 Å². The second kappa shape index (κ2) is 13.1. The Morgan fingerprint density at radius 1 is 1.32 bits per heavy atom. The van der Waals surface area contributed by atoms with E-state index in [1.54, 1.807) is 11.8 Å². The molecule has 0 bridgehead atoms. The Bertz CT molecular complexity index is 979. The number of nitrogens with one attached hydrogen (secondary N) is 2. The Morgan fingerprint density at radius 3 is 2.76 bits per heavy atom. The van der Waals surface area contributed by atoms with E-state index in [9.17, 15) is 18.0 Å². The van der Waals surface area contributed by atoms with Crippen LogP contribution in [0.5, 0.6) is 0 Å². The molecule has 206 valence electrons. The average Bonchev–Trinajstić information content (AvgIpc) is 3.33. The first-order valence-corrected chi connectivity index (χ1v) is 13.0. The van der Waals surface area contributed by atoms with Crippen LogP contribution in [0.1, 0.15) is 58.4 Å². The fourth-order valence-corrected chi connectivity index (χ4v) is 4.56. The van der Waals surface area contributed by atoms with E-state index in [0.717, 1.165) is 38.5 Å². The third kappa shape index (κ3) is 8.31. The number of aliphatic imine (C=N–C) groups is 1. The zero-order valence-electron chi connectivity index (χ0n) is 21.9. The van der Waals surface area contributed by atoms with Crippen LogP contribution >= 0.6 is 0 Å². The van der Waals surface area contributed by atoms with Crippen molar-refractivity contribution in [1.29, 1.82) is 0 Å². The number of piperidine rings is 1. The highest BCUT2D eigenvalue weighted by molar-refractivity contribution is 6.00. The summed E-state index contributed by atoms with van der Waals surface area (Å²) in [6.07, 6.45) is 1.41. The topological polar surface area (TPSA) is 112 Å². The lowest BCUT2D eigenvalue weighted by molar-refractivity contribution is -0.137. The zero-order valence-corrected chi connectivity index (χ0v) is 21.9. The maximum absolute atomic E-state index is 13.6. The van der Waals surface area contributed by atoms with Gasteiger partial charge in [0, 0.05) is 57.6 Å². The fraction of sp³-hybridized carbons (Fsp3) is 0.680. The number of hydrogen-bond acceptors (Lipinski definition) is 8. The number of likely N-dealkylation sites (tertiary alicyclic amines) is 2. The molecule has 4 N–H and O–H groups in total. The molecule has 1 aromatic heterocycles. The Labute approximate surface area is 216 Å². The fourth-order valence-electron chi connectivity index (χ4n) is 4.56. The van der Waals surface area contributed by atoms with Crippen molar-refractivity contribution >= 4 is 23.4 Å². The van der Waals surface area contributed by atoms with Gasteiger partial charge >= 0.3 is 6.18 Å². The third-order valence-electron chi connectivity index (χ3n) is 6.85. The van der Waals surface area contributed by atoms with Gasteiger partial charge in [-0.05, 0) is 58.9 Å². The minimum atomic E-state index is -4.61. The van der Waals surface area contributed by atoms with Crippen molar-refractivity contribution < 1.29 is 18.0 Å². The van der Waals surface area contributed by atoms with Crippen molar-refractivity contribution in [3.8, 4) is 0 Å². The van der Waals surface area contributed by atoms with Gasteiger partial charge in [0.2, 0.25) is 11.9 Å². The number of allylic oxidation sites excluding steroid dienone is 1. The highest BCUT2D eigenvalue weighted by Gasteiger charge is 2.35. The maximum Gasteiger partial charge on any atom is 0.421 e. The lowest BCUT2D eigenvalue weighted by Gasteiger charge is -2.26. The second-order valence-electron chi connectivity index (χ2n) is 9.95. The molecule has 0 aliphatic carbocycles. The van der Waals surface area contributed by atoms with E-state index in [1.165, 1.54) is 6.20 Å². The number of rotatable bonds is 11. The zero-order chi connectivity index (χ0) is 27.0. The molecule has 1 atom stereocenters. The predicted octanol–water partition coefficient (Wildman–Crippen LogP) is 3.71. The number of nitrogens with zero attached hydrogens (tertiary/aromatic N) is 5. The predicted molar refractivity (Wildman–Crippen MR) is 139 cm³/mol. The third-order valence-corrected chi connectivity index (χ3v) is 6.85. The van der Waals surface area contributed by atoms with Crippen molar-refractivity contribution in [1.82, 2.24) is 19.8 Å². The van der Waals surface area contributed by atoms with Crippen LogP contribution in [0.4, 0.5) is 24.9 Å². The molecule has 3 heterocycles. The summed E-state index contributed by atoms with van der Waals surface area (Å²) in [7, 11) is 0. The van der Waals surface area contributed by atoms with E-state index in [-0.39, 0.29) is 24.2 Å². The van der Waals surface area contributed by atoms with E-state index in [0.29, 0.717) is 55.8 Å². The lowest BCUT2D eigenvalue weighted by Crippen LogP contribution is -2.36. The number of carbonyl (C=O) groups is 1. The molecule has 0 saturated carbocycles. The van der Waals surface area contributed by atoms with Gasteiger partial charge in [-0.3, -0.25) is 9.79 Å². The van der Waals surface area contributed by atoms with Gasteiger partial charge in [-0.2, -0.15) is 18.2 Å². The minimum Gasteiger partial charge on any atom is -0.403 e. The van der Waals surface area contributed by atoms with E-state index in [4.69, 9.17) is 5.73 Å². The number of halogens is 3. The van der Waals surface area contributed by atoms with Crippen LogP contribution in [-0.2, 0) is 11.0 Å². The van der Waals surface area contributed by atoms with Crippen molar-refractivity contribution in [3.05, 3.63) is 23.7 Å². The highest BCUT2D eigenvalue weighted by Crippen LogP contribution is 2.34. The van der Waals surface area contributed by atoms with Crippen molar-refractivity contribution in [2.75, 3.05) is 49.9 Å². The molecule has 3 rings (SSSR count). The lowest BCUT2D eigenvalue weighted by atomic mass is 10.1. The summed E-state index contributed by atoms with van der Waals surface area (Å²) in [5.74, 6) is 0.217. The number of carbonyl (C=O) groups excluding carboxylic acids is 1. The van der Waals surface area contributed by atoms with Crippen LogP contribution in [0, 0.1) is 5.92 Å². The van der Waals surface area contributed by atoms with E-state index in [2.05, 4.69) is 44.3 Å². The molecule has 12 heteroatoms. The van der Waals surface area contributed by atoms with Gasteiger partial charge in [-0.25, -0.2) is 4.98 Å². The summed E-state index contributed by atoms with van der Waals surface area (Å²) < 4.78 is 40.7. The molecule has 0 spiro atoms. The van der Waals surface area contributed by atoms with Crippen LogP contribution in [-0.4, -0.2) is 76.7 Å². The number of aromatic nitrogens is 2. The molecule has 2 aliphatic heterocycles. The molecule has 0 radical (unpaired) electrons. The normalized spacial score (nSPS) is 20.1. The van der Waals surface area contributed by atoms with Gasteiger partial charge in [0.1, 0.15) is 11.4 Å². The number of alkyl halides is 3. The summed E-state index contributed by atoms with van der Waals surface area (Å²) in [6.45, 7) is 10.3. The summed E-state index contributed by atoms with van der Waals surface area (Å²) in [5.41, 5.74) is 5.91. The van der Waals surface area contributed by atoms with Crippen molar-refractivity contribution in [3.63, 3.8) is 0 Å². The summed E-state index contributed by atoms with van der Waals surface area (Å²) in [4.78, 5) is 28.7. The molecule has 2 aliphatic rings. The van der Waals surface area contributed by atoms with E-state index >= 15 is 0 Å². The van der Waals surface area contributed by atoms with Crippen LogP contribution in [0.15, 0.2) is 23.1 Å². The summed E-state index contributed by atoms with van der Waals surface area (Å²) >= 11 is 0. The summed E-state index contributed by atoms with van der Waals surface area (Å²) in [6, 6.07) is 0.503. The maximum atomic E-state index is 13.6. The molecule has 2 saturated heterocycles. The largest absolute Gasteiger partial charge is 0.421 e. The molecule has 37 heavy (non-hydrogen) atoms. The quantitative estimate of drug-likeness (QED) is 0.299. The van der Waals surface area contributed by atoms with Gasteiger partial charge in [0.05, 0.1) is 11.4 Å². The highest BCUT2D eigenvalue weighted by atomic mass is 19.4. The molecule has 2 fully saturated rings. The minimum absolute atomic E-state index is 0.0141. The van der Waals surface area contributed by atoms with Crippen LogP contribution < -0.4 is 16.4 Å². The number of amides is 1. The van der Waals surface area contributed by atoms with Gasteiger partial charge in [0.15, 0.2) is 0 Å². The Morgan fingerprint density at radius 2 is 2.11 bits per heavy atom. The SMILES string of the molecule is CC(=NC[C@@H]1CCN(C(C)C)C1)/C(=C\N)Nc1ncc(C(F)(F)F)c(NCCCN2CCCCC2=O)n1. The Balaban J connectivity index is 1.62. The molecule has 1 aromatic rings. The summed E-state index contributed by atoms with van der Waals surface area (Å²) in [5, 5.41) is 5.69. The van der Waals surface area contributed by atoms with Crippen molar-refractivity contribution in [2.45, 2.75) is 65.1 Å². The van der Waals surface area contributed by atoms with E-state index < -0.39 is 11.7 Å². The van der Waals surface area contributed by atoms with Crippen LogP contribution in [0.2, 0.25) is 0 Å². The molecular formula is C25H39F3N8O. The molecular weight excluding hydrogens is 485 g/mol. The second-order valence-corrected chi connectivity index (χ2v) is 9.95. The molecule has 1 amide bonds. The monoisotopic (exact) mass is 524 g/mol. The standard InChI is InChI=1S/C25H39F3N8O/c1-17(2)36-12-8-19(16-36)14-31-18(3)21(13-29)33-24-32-15-20(25(26,27)28)23(34-24)30-9-6-11-35-10-5-4-7-22(35)37/h13,15,17,19H,4-12,14,16,29H2,1-3H3,(H2,30,32,33,34)/b21-13+,31-18?/t19-/m0/s1. The number of hydrogen-bond donors (Lipinski definition) is 3.